The lowest BCUT2D eigenvalue weighted by atomic mass is 9.67. The van der Waals surface area contributed by atoms with Crippen LogP contribution in [0.5, 0.6) is 0 Å². The van der Waals surface area contributed by atoms with Crippen molar-refractivity contribution in [1.29, 1.82) is 0 Å². The van der Waals surface area contributed by atoms with E-state index in [2.05, 4.69) is 24.3 Å². The van der Waals surface area contributed by atoms with Gasteiger partial charge in [-0.2, -0.15) is 0 Å². The van der Waals surface area contributed by atoms with Crippen LogP contribution in [0.3, 0.4) is 0 Å². The van der Waals surface area contributed by atoms with Crippen LogP contribution >= 0.6 is 0 Å². The molecule has 0 saturated carbocycles. The standard InChI is InChI=1S/C14H19NO2/c1-13(2,3)17-12(16)15-10-6-4-8-14(10)9-5-7-11(14)15/h4-7,10-11H,8-9H2,1-3H3/t10-,11+,14?. The van der Waals surface area contributed by atoms with Gasteiger partial charge in [-0.05, 0) is 33.6 Å². The zero-order chi connectivity index (χ0) is 12.3. The van der Waals surface area contributed by atoms with E-state index in [-0.39, 0.29) is 23.6 Å². The number of carbonyl (C=O) groups is 1. The van der Waals surface area contributed by atoms with Crippen molar-refractivity contribution in [2.75, 3.05) is 0 Å². The Morgan fingerprint density at radius 1 is 1.24 bits per heavy atom. The topological polar surface area (TPSA) is 29.5 Å². The van der Waals surface area contributed by atoms with Crippen LogP contribution in [-0.4, -0.2) is 28.7 Å². The zero-order valence-electron chi connectivity index (χ0n) is 10.6. The number of allylic oxidation sites excluding steroid dienone is 2. The highest BCUT2D eigenvalue weighted by Crippen LogP contribution is 2.57. The first-order valence-electron chi connectivity index (χ1n) is 6.29. The molecule has 2 aliphatic carbocycles. The molecule has 1 aliphatic heterocycles. The molecule has 0 N–H and O–H groups in total. The first kappa shape index (κ1) is 10.9. The molecule has 3 nitrogen and oxygen atoms in total. The molecule has 3 aliphatic rings. The Balaban J connectivity index is 1.79. The minimum atomic E-state index is -0.417. The van der Waals surface area contributed by atoms with Gasteiger partial charge in [0.05, 0.1) is 12.1 Å². The summed E-state index contributed by atoms with van der Waals surface area (Å²) in [5.41, 5.74) is -0.142. The maximum absolute atomic E-state index is 12.2. The molecule has 1 unspecified atom stereocenters. The molecule has 0 radical (unpaired) electrons. The van der Waals surface area contributed by atoms with Gasteiger partial charge in [0.25, 0.3) is 0 Å². The fraction of sp³-hybridized carbons (Fsp3) is 0.643. The second kappa shape index (κ2) is 3.15. The Labute approximate surface area is 102 Å². The molecule has 17 heavy (non-hydrogen) atoms. The number of ether oxygens (including phenoxy) is 1. The second-order valence-corrected chi connectivity index (χ2v) is 6.28. The molecule has 0 aromatic heterocycles. The molecule has 1 saturated heterocycles. The van der Waals surface area contributed by atoms with Crippen LogP contribution in [0.25, 0.3) is 0 Å². The summed E-state index contributed by atoms with van der Waals surface area (Å²) in [5.74, 6) is 0. The normalized spacial score (nSPS) is 37.7. The summed E-state index contributed by atoms with van der Waals surface area (Å²) in [5, 5.41) is 0. The Kier molecular flexibility index (Phi) is 2.02. The second-order valence-electron chi connectivity index (χ2n) is 6.28. The van der Waals surface area contributed by atoms with Crippen LogP contribution in [0.15, 0.2) is 24.3 Å². The average Bonchev–Trinajstić information content (AvgIpc) is 2.69. The molecule has 0 aromatic rings. The van der Waals surface area contributed by atoms with Gasteiger partial charge in [0.1, 0.15) is 5.60 Å². The van der Waals surface area contributed by atoms with E-state index < -0.39 is 5.60 Å². The maximum atomic E-state index is 12.2. The molecule has 1 amide bonds. The molecule has 3 rings (SSSR count). The van der Waals surface area contributed by atoms with E-state index >= 15 is 0 Å². The highest BCUT2D eigenvalue weighted by atomic mass is 16.6. The molecule has 1 spiro atoms. The number of likely N-dealkylation sites (tertiary alicyclic amines) is 1. The fourth-order valence-corrected chi connectivity index (χ4v) is 3.33. The van der Waals surface area contributed by atoms with Crippen molar-refractivity contribution < 1.29 is 9.53 Å². The lowest BCUT2D eigenvalue weighted by Gasteiger charge is -2.57. The highest BCUT2D eigenvalue weighted by molar-refractivity contribution is 5.73. The Hall–Kier alpha value is -1.25. The number of nitrogens with zero attached hydrogens (tertiary/aromatic N) is 1. The summed E-state index contributed by atoms with van der Waals surface area (Å²) in [6.45, 7) is 5.73. The summed E-state index contributed by atoms with van der Waals surface area (Å²) in [4.78, 5) is 14.0. The number of rotatable bonds is 0. The third-order valence-corrected chi connectivity index (χ3v) is 4.01. The van der Waals surface area contributed by atoms with E-state index in [0.29, 0.717) is 0 Å². The van der Waals surface area contributed by atoms with Gasteiger partial charge >= 0.3 is 6.09 Å². The molecule has 92 valence electrons. The van der Waals surface area contributed by atoms with E-state index in [1.165, 1.54) is 0 Å². The van der Waals surface area contributed by atoms with Gasteiger partial charge in [0.15, 0.2) is 0 Å². The van der Waals surface area contributed by atoms with Crippen molar-refractivity contribution >= 4 is 6.09 Å². The first-order valence-corrected chi connectivity index (χ1v) is 6.29. The summed E-state index contributed by atoms with van der Waals surface area (Å²) in [6.07, 6.45) is 10.7. The molecule has 3 atom stereocenters. The summed E-state index contributed by atoms with van der Waals surface area (Å²) in [6, 6.07) is 0.495. The minimum absolute atomic E-state index is 0.179. The van der Waals surface area contributed by atoms with Crippen molar-refractivity contribution in [3.05, 3.63) is 24.3 Å². The van der Waals surface area contributed by atoms with E-state index in [4.69, 9.17) is 4.74 Å². The molecular weight excluding hydrogens is 214 g/mol. The summed E-state index contributed by atoms with van der Waals surface area (Å²) >= 11 is 0. The molecule has 0 aromatic carbocycles. The summed E-state index contributed by atoms with van der Waals surface area (Å²) < 4.78 is 5.47. The summed E-state index contributed by atoms with van der Waals surface area (Å²) in [7, 11) is 0. The Morgan fingerprint density at radius 2 is 1.76 bits per heavy atom. The number of hydrogen-bond donors (Lipinski definition) is 0. The van der Waals surface area contributed by atoms with Crippen molar-refractivity contribution in [3.63, 3.8) is 0 Å². The Morgan fingerprint density at radius 3 is 2.24 bits per heavy atom. The van der Waals surface area contributed by atoms with Gasteiger partial charge < -0.3 is 4.74 Å². The maximum Gasteiger partial charge on any atom is 0.411 e. The van der Waals surface area contributed by atoms with Crippen LogP contribution in [-0.2, 0) is 4.74 Å². The predicted octanol–water partition coefficient (Wildman–Crippen LogP) is 2.88. The van der Waals surface area contributed by atoms with Gasteiger partial charge in [-0.3, -0.25) is 4.90 Å². The van der Waals surface area contributed by atoms with E-state index in [1.807, 2.05) is 25.7 Å². The third-order valence-electron chi connectivity index (χ3n) is 4.01. The van der Waals surface area contributed by atoms with Gasteiger partial charge in [-0.15, -0.1) is 0 Å². The average molecular weight is 233 g/mol. The van der Waals surface area contributed by atoms with Crippen LogP contribution < -0.4 is 0 Å². The van der Waals surface area contributed by atoms with Crippen molar-refractivity contribution in [3.8, 4) is 0 Å². The van der Waals surface area contributed by atoms with Gasteiger partial charge in [-0.25, -0.2) is 4.79 Å². The molecule has 3 heteroatoms. The lowest BCUT2D eigenvalue weighted by Crippen LogP contribution is -2.69. The number of amides is 1. The van der Waals surface area contributed by atoms with Crippen LogP contribution in [0, 0.1) is 5.41 Å². The Bertz CT molecular complexity index is 390. The van der Waals surface area contributed by atoms with Crippen molar-refractivity contribution in [1.82, 2.24) is 4.90 Å². The SMILES string of the molecule is CC(C)(C)OC(=O)N1[C@H]2C=CCC23CC=C[C@@H]13. The van der Waals surface area contributed by atoms with Crippen LogP contribution in [0.1, 0.15) is 33.6 Å². The van der Waals surface area contributed by atoms with E-state index in [0.717, 1.165) is 12.8 Å². The predicted molar refractivity (Wildman–Crippen MR) is 65.6 cm³/mol. The lowest BCUT2D eigenvalue weighted by molar-refractivity contribution is -0.0781. The molecule has 0 bridgehead atoms. The monoisotopic (exact) mass is 233 g/mol. The quantitative estimate of drug-likeness (QED) is 0.602. The minimum Gasteiger partial charge on any atom is -0.444 e. The zero-order valence-corrected chi connectivity index (χ0v) is 10.6. The van der Waals surface area contributed by atoms with Crippen molar-refractivity contribution in [2.24, 2.45) is 5.41 Å². The van der Waals surface area contributed by atoms with Crippen LogP contribution in [0.4, 0.5) is 4.79 Å². The van der Waals surface area contributed by atoms with Gasteiger partial charge in [0, 0.05) is 5.41 Å². The molecular formula is C14H19NO2. The first-order chi connectivity index (χ1) is 7.94. The largest absolute Gasteiger partial charge is 0.444 e. The van der Waals surface area contributed by atoms with Crippen LogP contribution in [0.2, 0.25) is 0 Å². The van der Waals surface area contributed by atoms with E-state index in [1.54, 1.807) is 0 Å². The number of carbonyl (C=O) groups excluding carboxylic acids is 1. The third kappa shape index (κ3) is 1.38. The molecule has 1 fully saturated rings. The van der Waals surface area contributed by atoms with E-state index in [9.17, 15) is 4.79 Å². The fourth-order valence-electron chi connectivity index (χ4n) is 3.33. The molecule has 1 heterocycles. The highest BCUT2D eigenvalue weighted by Gasteiger charge is 2.63. The van der Waals surface area contributed by atoms with Crippen molar-refractivity contribution in [2.45, 2.75) is 51.3 Å². The van der Waals surface area contributed by atoms with Gasteiger partial charge in [-0.1, -0.05) is 24.3 Å². The van der Waals surface area contributed by atoms with Gasteiger partial charge in [0.2, 0.25) is 0 Å². The number of hydrogen-bond acceptors (Lipinski definition) is 2. The smallest absolute Gasteiger partial charge is 0.411 e.